The maximum atomic E-state index is 11.8. The third kappa shape index (κ3) is 2.45. The molecule has 0 aromatic carbocycles. The van der Waals surface area contributed by atoms with E-state index in [-0.39, 0.29) is 11.9 Å². The van der Waals surface area contributed by atoms with Crippen molar-refractivity contribution in [1.29, 1.82) is 0 Å². The molecule has 0 bridgehead atoms. The van der Waals surface area contributed by atoms with Gasteiger partial charge in [0.05, 0.1) is 11.8 Å². The lowest BCUT2D eigenvalue weighted by atomic mass is 10.2. The standard InChI is InChI=1S/C10H11Br2NO2/c11-7-2-1-3-8(7)13-10(14)6-4-5-15-9(6)12/h4-5,7-8H,1-3H2,(H,13,14). The molecule has 1 heterocycles. The number of nitrogens with one attached hydrogen (secondary N) is 1. The van der Waals surface area contributed by atoms with E-state index in [0.29, 0.717) is 15.1 Å². The first-order chi connectivity index (χ1) is 7.18. The highest BCUT2D eigenvalue weighted by atomic mass is 79.9. The zero-order valence-corrected chi connectivity index (χ0v) is 11.2. The highest BCUT2D eigenvalue weighted by Crippen LogP contribution is 2.26. The number of hydrogen-bond donors (Lipinski definition) is 1. The van der Waals surface area contributed by atoms with Crippen LogP contribution >= 0.6 is 31.9 Å². The van der Waals surface area contributed by atoms with Crippen LogP contribution in [0.5, 0.6) is 0 Å². The molecule has 1 aromatic heterocycles. The Balaban J connectivity index is 2.01. The van der Waals surface area contributed by atoms with Crippen molar-refractivity contribution in [2.75, 3.05) is 0 Å². The van der Waals surface area contributed by atoms with Crippen LogP contribution < -0.4 is 5.32 Å². The molecule has 1 aliphatic carbocycles. The van der Waals surface area contributed by atoms with Gasteiger partial charge in [-0.1, -0.05) is 22.4 Å². The van der Waals surface area contributed by atoms with E-state index in [0.717, 1.165) is 19.3 Å². The van der Waals surface area contributed by atoms with E-state index in [4.69, 9.17) is 4.42 Å². The summed E-state index contributed by atoms with van der Waals surface area (Å²) in [5.74, 6) is -0.0769. The second-order valence-electron chi connectivity index (χ2n) is 3.63. The summed E-state index contributed by atoms with van der Waals surface area (Å²) in [7, 11) is 0. The fourth-order valence-corrected chi connectivity index (χ4v) is 2.92. The Morgan fingerprint density at radius 1 is 1.53 bits per heavy atom. The minimum atomic E-state index is -0.0769. The zero-order chi connectivity index (χ0) is 10.8. The first-order valence-corrected chi connectivity index (χ1v) is 6.57. The fourth-order valence-electron chi connectivity index (χ4n) is 1.78. The molecular formula is C10H11Br2NO2. The topological polar surface area (TPSA) is 42.2 Å². The Hall–Kier alpha value is -0.290. The monoisotopic (exact) mass is 335 g/mol. The molecule has 1 aromatic rings. The molecule has 2 rings (SSSR count). The molecule has 5 heteroatoms. The van der Waals surface area contributed by atoms with Gasteiger partial charge < -0.3 is 9.73 Å². The molecule has 3 nitrogen and oxygen atoms in total. The van der Waals surface area contributed by atoms with Gasteiger partial charge in [0.15, 0.2) is 4.67 Å². The summed E-state index contributed by atoms with van der Waals surface area (Å²) in [6.07, 6.45) is 4.82. The van der Waals surface area contributed by atoms with Gasteiger partial charge in [-0.2, -0.15) is 0 Å². The van der Waals surface area contributed by atoms with Crippen LogP contribution in [0, 0.1) is 0 Å². The maximum absolute atomic E-state index is 11.8. The van der Waals surface area contributed by atoms with Crippen molar-refractivity contribution in [2.45, 2.75) is 30.1 Å². The lowest BCUT2D eigenvalue weighted by Crippen LogP contribution is -2.37. The van der Waals surface area contributed by atoms with Crippen molar-refractivity contribution >= 4 is 37.8 Å². The molecule has 1 fully saturated rings. The quantitative estimate of drug-likeness (QED) is 0.843. The van der Waals surface area contributed by atoms with Crippen LogP contribution in [0.25, 0.3) is 0 Å². The first kappa shape index (κ1) is 11.2. The summed E-state index contributed by atoms with van der Waals surface area (Å²) in [4.78, 5) is 12.2. The van der Waals surface area contributed by atoms with Crippen molar-refractivity contribution in [3.63, 3.8) is 0 Å². The van der Waals surface area contributed by atoms with Gasteiger partial charge in [0, 0.05) is 10.9 Å². The van der Waals surface area contributed by atoms with Gasteiger partial charge in [0.2, 0.25) is 0 Å². The Kier molecular flexibility index (Phi) is 3.51. The van der Waals surface area contributed by atoms with Crippen LogP contribution in [0.15, 0.2) is 21.4 Å². The van der Waals surface area contributed by atoms with Crippen LogP contribution in [0.2, 0.25) is 0 Å². The highest BCUT2D eigenvalue weighted by Gasteiger charge is 2.27. The van der Waals surface area contributed by atoms with Crippen LogP contribution in [0.1, 0.15) is 29.6 Å². The normalized spacial score (nSPS) is 25.5. The van der Waals surface area contributed by atoms with Crippen LogP contribution in [-0.4, -0.2) is 16.8 Å². The van der Waals surface area contributed by atoms with E-state index < -0.39 is 0 Å². The number of amides is 1. The number of carbonyl (C=O) groups excluding carboxylic acids is 1. The molecule has 1 saturated carbocycles. The van der Waals surface area contributed by atoms with E-state index in [9.17, 15) is 4.79 Å². The predicted octanol–water partition coefficient (Wildman–Crippen LogP) is 3.09. The summed E-state index contributed by atoms with van der Waals surface area (Å²) in [6.45, 7) is 0. The summed E-state index contributed by atoms with van der Waals surface area (Å²) in [5, 5.41) is 3.00. The number of hydrogen-bond acceptors (Lipinski definition) is 2. The van der Waals surface area contributed by atoms with Crippen molar-refractivity contribution in [3.8, 4) is 0 Å². The Morgan fingerprint density at radius 2 is 2.33 bits per heavy atom. The minimum Gasteiger partial charge on any atom is -0.457 e. The third-order valence-electron chi connectivity index (χ3n) is 2.61. The lowest BCUT2D eigenvalue weighted by Gasteiger charge is -2.15. The van der Waals surface area contributed by atoms with Crippen molar-refractivity contribution in [3.05, 3.63) is 22.6 Å². The summed E-state index contributed by atoms with van der Waals surface area (Å²) in [5.41, 5.74) is 0.557. The second kappa shape index (κ2) is 4.70. The average molecular weight is 337 g/mol. The Morgan fingerprint density at radius 3 is 2.87 bits per heavy atom. The molecule has 0 saturated heterocycles. The van der Waals surface area contributed by atoms with Crippen LogP contribution in [0.3, 0.4) is 0 Å². The average Bonchev–Trinajstić information content (AvgIpc) is 2.76. The molecule has 1 amide bonds. The van der Waals surface area contributed by atoms with E-state index in [2.05, 4.69) is 37.2 Å². The maximum Gasteiger partial charge on any atom is 0.256 e. The number of rotatable bonds is 2. The summed E-state index contributed by atoms with van der Waals surface area (Å²) in [6, 6.07) is 1.90. The SMILES string of the molecule is O=C(NC1CCCC1Br)c1ccoc1Br. The zero-order valence-electron chi connectivity index (χ0n) is 8.00. The molecule has 0 aliphatic heterocycles. The third-order valence-corrected chi connectivity index (χ3v) is 4.32. The molecule has 2 atom stereocenters. The van der Waals surface area contributed by atoms with Gasteiger partial charge in [0.1, 0.15) is 0 Å². The molecule has 2 unspecified atom stereocenters. The lowest BCUT2D eigenvalue weighted by molar-refractivity contribution is 0.0937. The molecule has 1 aliphatic rings. The van der Waals surface area contributed by atoms with Crippen LogP contribution in [0.4, 0.5) is 0 Å². The minimum absolute atomic E-state index is 0.0769. The van der Waals surface area contributed by atoms with Gasteiger partial charge in [-0.25, -0.2) is 0 Å². The Labute approximate surface area is 105 Å². The summed E-state index contributed by atoms with van der Waals surface area (Å²) >= 11 is 6.76. The van der Waals surface area contributed by atoms with Crippen LogP contribution in [-0.2, 0) is 0 Å². The summed E-state index contributed by atoms with van der Waals surface area (Å²) < 4.78 is 5.51. The van der Waals surface area contributed by atoms with E-state index in [1.165, 1.54) is 6.26 Å². The number of furan rings is 1. The van der Waals surface area contributed by atoms with Crippen molar-refractivity contribution in [1.82, 2.24) is 5.32 Å². The molecule has 1 N–H and O–H groups in total. The molecule has 82 valence electrons. The van der Waals surface area contributed by atoms with Gasteiger partial charge >= 0.3 is 0 Å². The fraction of sp³-hybridized carbons (Fsp3) is 0.500. The largest absolute Gasteiger partial charge is 0.457 e. The van der Waals surface area contributed by atoms with Crippen molar-refractivity contribution < 1.29 is 9.21 Å². The van der Waals surface area contributed by atoms with Gasteiger partial charge in [-0.05, 0) is 34.8 Å². The van der Waals surface area contributed by atoms with E-state index in [1.807, 2.05) is 0 Å². The van der Waals surface area contributed by atoms with Gasteiger partial charge in [-0.15, -0.1) is 0 Å². The van der Waals surface area contributed by atoms with E-state index >= 15 is 0 Å². The van der Waals surface area contributed by atoms with E-state index in [1.54, 1.807) is 6.07 Å². The molecule has 0 radical (unpaired) electrons. The second-order valence-corrected chi connectivity index (χ2v) is 5.53. The first-order valence-electron chi connectivity index (χ1n) is 4.86. The van der Waals surface area contributed by atoms with Crippen molar-refractivity contribution in [2.24, 2.45) is 0 Å². The number of halogens is 2. The highest BCUT2D eigenvalue weighted by molar-refractivity contribution is 9.10. The number of alkyl halides is 1. The molecular weight excluding hydrogens is 326 g/mol. The van der Waals surface area contributed by atoms with Gasteiger partial charge in [-0.3, -0.25) is 4.79 Å². The molecule has 15 heavy (non-hydrogen) atoms. The Bertz CT molecular complexity index is 364. The number of carbonyl (C=O) groups is 1. The smallest absolute Gasteiger partial charge is 0.256 e. The molecule has 0 spiro atoms. The van der Waals surface area contributed by atoms with Gasteiger partial charge in [0.25, 0.3) is 5.91 Å². The predicted molar refractivity (Wildman–Crippen MR) is 64.2 cm³/mol.